The quantitative estimate of drug-likeness (QED) is 0.0711. The lowest BCUT2D eigenvalue weighted by Crippen LogP contribution is -2.42. The molecule has 3 aromatic rings. The second kappa shape index (κ2) is 15.6. The Bertz CT molecular complexity index is 1650. The number of benzene rings is 1. The monoisotopic (exact) mass is 637 g/mol. The molecule has 0 aliphatic rings. The molecule has 7 N–H and O–H groups in total. The molecule has 2 amide bonds. The van der Waals surface area contributed by atoms with Crippen molar-refractivity contribution in [1.82, 2.24) is 30.6 Å². The van der Waals surface area contributed by atoms with E-state index in [1.807, 2.05) is 27.7 Å². The molecule has 0 fully saturated rings. The van der Waals surface area contributed by atoms with Gasteiger partial charge in [-0.15, -0.1) is 0 Å². The summed E-state index contributed by atoms with van der Waals surface area (Å²) in [5.41, 5.74) is 14.1. The number of rotatable bonds is 17. The number of nitrogens with one attached hydrogen (secondary N) is 4. The fourth-order valence-corrected chi connectivity index (χ4v) is 4.17. The topological polar surface area (TPSA) is 263 Å². The number of ether oxygens (including phenoxy) is 1. The van der Waals surface area contributed by atoms with Crippen molar-refractivity contribution in [3.8, 4) is 0 Å². The van der Waals surface area contributed by atoms with Gasteiger partial charge in [0.1, 0.15) is 6.04 Å². The molecule has 0 saturated heterocycles. The molecule has 0 unspecified atom stereocenters. The highest BCUT2D eigenvalue weighted by Gasteiger charge is 2.24. The molecule has 0 spiro atoms. The first kappa shape index (κ1) is 35.2. The highest BCUT2D eigenvalue weighted by Crippen LogP contribution is 2.19. The Hall–Kier alpha value is -5.28. The van der Waals surface area contributed by atoms with Crippen LogP contribution in [-0.4, -0.2) is 73.2 Å². The number of aliphatic carboxylic acids is 1. The molecule has 0 aliphatic heterocycles. The van der Waals surface area contributed by atoms with Crippen molar-refractivity contribution in [2.75, 3.05) is 24.2 Å². The number of hydrogen-bond donors (Lipinski definition) is 6. The maximum atomic E-state index is 12.7. The minimum Gasteiger partial charge on any atom is -0.480 e. The number of H-pyrrole nitrogens is 1. The summed E-state index contributed by atoms with van der Waals surface area (Å²) in [4.78, 5) is 66.5. The molecule has 0 saturated carbocycles. The van der Waals surface area contributed by atoms with Crippen molar-refractivity contribution in [2.24, 2.45) is 5.11 Å². The van der Waals surface area contributed by atoms with Gasteiger partial charge in [-0.2, -0.15) is 4.98 Å². The smallest absolute Gasteiger partial charge is 0.326 e. The second-order valence-electron chi connectivity index (χ2n) is 11.8. The van der Waals surface area contributed by atoms with E-state index in [4.69, 9.17) is 16.0 Å². The Morgan fingerprint density at radius 3 is 2.54 bits per heavy atom. The number of carboxylic acids is 1. The van der Waals surface area contributed by atoms with Crippen molar-refractivity contribution < 1.29 is 24.2 Å². The summed E-state index contributed by atoms with van der Waals surface area (Å²) >= 11 is 0. The van der Waals surface area contributed by atoms with Crippen molar-refractivity contribution in [3.63, 3.8) is 0 Å². The zero-order valence-electron chi connectivity index (χ0n) is 26.2. The number of aromatic nitrogens is 4. The van der Waals surface area contributed by atoms with E-state index in [9.17, 15) is 24.3 Å². The number of nitrogens with zero attached hydrogens (tertiary/aromatic N) is 6. The SMILES string of the molecule is CC(C)(CCOC(C)(C)CCNC(=O)CC[C@H](NC(=O)c1ccc(NCc2cnc3nc(N)[nH]c(=O)c3n2)cc1)C(=O)O)N=[N+]=[N-]. The molecule has 1 aromatic carbocycles. The Morgan fingerprint density at radius 2 is 1.87 bits per heavy atom. The predicted molar refractivity (Wildman–Crippen MR) is 170 cm³/mol. The van der Waals surface area contributed by atoms with E-state index >= 15 is 0 Å². The van der Waals surface area contributed by atoms with Crippen molar-refractivity contribution in [2.45, 2.75) is 77.1 Å². The first-order valence-electron chi connectivity index (χ1n) is 14.5. The van der Waals surface area contributed by atoms with Gasteiger partial charge in [0, 0.05) is 41.3 Å². The van der Waals surface area contributed by atoms with E-state index in [0.717, 1.165) is 0 Å². The van der Waals surface area contributed by atoms with Gasteiger partial charge in [-0.25, -0.2) is 14.8 Å². The number of anilines is 2. The van der Waals surface area contributed by atoms with Crippen LogP contribution in [0.3, 0.4) is 0 Å². The molecule has 2 heterocycles. The van der Waals surface area contributed by atoms with Crippen LogP contribution in [0.4, 0.5) is 11.6 Å². The fourth-order valence-electron chi connectivity index (χ4n) is 4.17. The van der Waals surface area contributed by atoms with E-state index in [1.54, 1.807) is 12.1 Å². The number of carboxylic acid groups (broad SMARTS) is 1. The predicted octanol–water partition coefficient (Wildman–Crippen LogP) is 2.65. The third kappa shape index (κ3) is 11.0. The molecule has 246 valence electrons. The summed E-state index contributed by atoms with van der Waals surface area (Å²) in [7, 11) is 0. The van der Waals surface area contributed by atoms with Gasteiger partial charge in [0.05, 0.1) is 24.0 Å². The van der Waals surface area contributed by atoms with Crippen LogP contribution in [0, 0.1) is 0 Å². The summed E-state index contributed by atoms with van der Waals surface area (Å²) < 4.78 is 5.89. The summed E-state index contributed by atoms with van der Waals surface area (Å²) in [6.07, 6.45) is 2.31. The Balaban J connectivity index is 1.43. The normalized spacial score (nSPS) is 12.2. The third-order valence-electron chi connectivity index (χ3n) is 6.94. The zero-order valence-corrected chi connectivity index (χ0v) is 26.2. The minimum absolute atomic E-state index is 0.0542. The number of azide groups is 1. The molecular formula is C29H39N11O6. The van der Waals surface area contributed by atoms with Crippen LogP contribution in [0.5, 0.6) is 0 Å². The van der Waals surface area contributed by atoms with E-state index in [-0.39, 0.29) is 48.0 Å². The molecule has 1 atom stereocenters. The third-order valence-corrected chi connectivity index (χ3v) is 6.94. The molecular weight excluding hydrogens is 598 g/mol. The molecule has 0 radical (unpaired) electrons. The average molecular weight is 638 g/mol. The second-order valence-corrected chi connectivity index (χ2v) is 11.8. The lowest BCUT2D eigenvalue weighted by molar-refractivity contribution is -0.139. The van der Waals surface area contributed by atoms with E-state index in [1.165, 1.54) is 18.3 Å². The van der Waals surface area contributed by atoms with E-state index in [2.05, 4.69) is 45.9 Å². The van der Waals surface area contributed by atoms with Gasteiger partial charge < -0.3 is 31.5 Å². The zero-order chi connectivity index (χ0) is 33.9. The highest BCUT2D eigenvalue weighted by atomic mass is 16.5. The highest BCUT2D eigenvalue weighted by molar-refractivity contribution is 5.97. The Labute approximate surface area is 264 Å². The molecule has 0 aliphatic carbocycles. The van der Waals surface area contributed by atoms with Crippen molar-refractivity contribution in [3.05, 3.63) is 62.5 Å². The van der Waals surface area contributed by atoms with Gasteiger partial charge in [-0.05, 0) is 62.9 Å². The number of hydrogen-bond acceptors (Lipinski definition) is 11. The van der Waals surface area contributed by atoms with E-state index < -0.39 is 34.6 Å². The van der Waals surface area contributed by atoms with Gasteiger partial charge in [0.25, 0.3) is 11.5 Å². The van der Waals surface area contributed by atoms with Crippen LogP contribution in [0.15, 0.2) is 40.4 Å². The molecule has 0 bridgehead atoms. The van der Waals surface area contributed by atoms with Gasteiger partial charge in [0.2, 0.25) is 11.9 Å². The molecule has 3 rings (SSSR count). The first-order valence-corrected chi connectivity index (χ1v) is 14.5. The largest absolute Gasteiger partial charge is 0.480 e. The number of carbonyl (C=O) groups is 3. The lowest BCUT2D eigenvalue weighted by atomic mass is 10.0. The molecule has 2 aromatic heterocycles. The lowest BCUT2D eigenvalue weighted by Gasteiger charge is -2.27. The van der Waals surface area contributed by atoms with Gasteiger partial charge in [-0.3, -0.25) is 19.4 Å². The molecule has 17 heteroatoms. The fraction of sp³-hybridized carbons (Fsp3) is 0.483. The van der Waals surface area contributed by atoms with Crippen molar-refractivity contribution in [1.29, 1.82) is 0 Å². The van der Waals surface area contributed by atoms with E-state index in [0.29, 0.717) is 37.4 Å². The van der Waals surface area contributed by atoms with Crippen molar-refractivity contribution >= 4 is 40.6 Å². The molecule has 17 nitrogen and oxygen atoms in total. The number of nitrogens with two attached hydrogens (primary N) is 1. The summed E-state index contributed by atoms with van der Waals surface area (Å²) in [5.74, 6) is -2.27. The van der Waals surface area contributed by atoms with Crippen LogP contribution in [-0.2, 0) is 20.9 Å². The number of nitrogen functional groups attached to an aromatic ring is 1. The van der Waals surface area contributed by atoms with Crippen LogP contribution < -0.4 is 27.2 Å². The number of aromatic amines is 1. The number of amides is 2. The summed E-state index contributed by atoms with van der Waals surface area (Å²) in [6, 6.07) is 5.04. The summed E-state index contributed by atoms with van der Waals surface area (Å²) in [5, 5.41) is 21.7. The van der Waals surface area contributed by atoms with Crippen LogP contribution in [0.25, 0.3) is 21.6 Å². The molecule has 46 heavy (non-hydrogen) atoms. The standard InChI is InChI=1S/C29H39N11O6/c1-28(2,39-40-31)12-14-46-29(3,4)11-13-32-21(41)10-9-20(26(44)45)36-24(42)17-5-7-18(8-6-17)33-15-19-16-34-23-22(35-19)25(43)38-27(30)37-23/h5-8,16,20,33H,9-15H2,1-4H3,(H,32,41)(H,36,42)(H,44,45)(H3,30,34,37,38,43)/t20-/m0/s1. The first-order chi connectivity index (χ1) is 21.7. The Kier molecular flexibility index (Phi) is 12.0. The van der Waals surface area contributed by atoms with Crippen LogP contribution >= 0.6 is 0 Å². The average Bonchev–Trinajstić information content (AvgIpc) is 2.98. The maximum absolute atomic E-state index is 12.7. The minimum atomic E-state index is -1.27. The Morgan fingerprint density at radius 1 is 1.15 bits per heavy atom. The number of fused-ring (bicyclic) bond motifs is 1. The van der Waals surface area contributed by atoms with Gasteiger partial charge in [0.15, 0.2) is 11.2 Å². The van der Waals surface area contributed by atoms with Gasteiger partial charge in [-0.1, -0.05) is 19.0 Å². The van der Waals surface area contributed by atoms with Gasteiger partial charge >= 0.3 is 5.97 Å². The van der Waals surface area contributed by atoms with Crippen LogP contribution in [0.2, 0.25) is 0 Å². The number of carbonyl (C=O) groups excluding carboxylic acids is 2. The summed E-state index contributed by atoms with van der Waals surface area (Å²) in [6.45, 7) is 8.32. The maximum Gasteiger partial charge on any atom is 0.326 e. The van der Waals surface area contributed by atoms with Crippen LogP contribution in [0.1, 0.15) is 69.4 Å².